The smallest absolute Gasteiger partial charge is 0.392 e. The molecule has 1 heterocycles. The summed E-state index contributed by atoms with van der Waals surface area (Å²) in [6.45, 7) is 0. The van der Waals surface area contributed by atoms with Crippen molar-refractivity contribution in [3.8, 4) is 11.8 Å². The maximum atomic E-state index is 9.76. The number of nitrogens with zero attached hydrogens (tertiary/aromatic N) is 2. The van der Waals surface area contributed by atoms with E-state index in [2.05, 4.69) is 16.8 Å². The molecule has 4 nitrogen and oxygen atoms in total. The third kappa shape index (κ3) is 4.26. The zero-order valence-electron chi connectivity index (χ0n) is 11.5. The number of aliphatic hydroxyl groups excluding tert-OH is 1. The van der Waals surface area contributed by atoms with Crippen LogP contribution in [0.25, 0.3) is 10.7 Å². The number of aryl methyl sites for hydroxylation is 1. The fraction of sp³-hybridized carbons (Fsp3) is 0.176. The third-order valence-electron chi connectivity index (χ3n) is 2.91. The summed E-state index contributed by atoms with van der Waals surface area (Å²) < 4.78 is 5.25. The summed E-state index contributed by atoms with van der Waals surface area (Å²) in [7, 11) is 0. The second-order valence-electron chi connectivity index (χ2n) is 4.41. The monoisotopic (exact) mass is 279 g/mol. The van der Waals surface area contributed by atoms with Gasteiger partial charge in [0.25, 0.3) is 0 Å². The first kappa shape index (κ1) is 14.4. The molecule has 0 amide bonds. The van der Waals surface area contributed by atoms with Crippen molar-refractivity contribution >= 4 is 5.76 Å². The lowest BCUT2D eigenvalue weighted by Gasteiger charge is -1.99. The van der Waals surface area contributed by atoms with E-state index >= 15 is 0 Å². The third-order valence-corrected chi connectivity index (χ3v) is 2.91. The fourth-order valence-corrected chi connectivity index (χ4v) is 1.90. The highest BCUT2D eigenvalue weighted by Crippen LogP contribution is 2.16. The fourth-order valence-electron chi connectivity index (χ4n) is 1.90. The van der Waals surface area contributed by atoms with E-state index in [0.29, 0.717) is 11.1 Å². The lowest BCUT2D eigenvalue weighted by Crippen LogP contribution is -1.88. The second kappa shape index (κ2) is 7.57. The molecule has 0 unspecified atom stereocenters. The molecule has 0 spiro atoms. The van der Waals surface area contributed by atoms with Gasteiger partial charge in [-0.15, -0.1) is 0 Å². The van der Waals surface area contributed by atoms with Gasteiger partial charge in [0.05, 0.1) is 6.26 Å². The van der Waals surface area contributed by atoms with Gasteiger partial charge in [0.2, 0.25) is 11.2 Å². The molecule has 0 aliphatic carbocycles. The van der Waals surface area contributed by atoms with Crippen molar-refractivity contribution in [1.82, 2.24) is 0 Å². The molecule has 0 aliphatic heterocycles. The van der Waals surface area contributed by atoms with Crippen molar-refractivity contribution in [3.05, 3.63) is 70.7 Å². The van der Waals surface area contributed by atoms with Crippen LogP contribution in [0.5, 0.6) is 0 Å². The van der Waals surface area contributed by atoms with Crippen molar-refractivity contribution in [3.63, 3.8) is 0 Å². The molecule has 0 fully saturated rings. The molecule has 0 radical (unpaired) electrons. The number of unbranched alkanes of at least 4 members (excludes halogenated alkanes) is 1. The quantitative estimate of drug-likeness (QED) is 0.391. The molecule has 0 saturated carbocycles. The van der Waals surface area contributed by atoms with Crippen LogP contribution in [0.3, 0.4) is 0 Å². The van der Waals surface area contributed by atoms with Crippen molar-refractivity contribution < 1.29 is 9.52 Å². The molecule has 0 atom stereocenters. The van der Waals surface area contributed by atoms with E-state index in [4.69, 9.17) is 9.81 Å². The lowest BCUT2D eigenvalue weighted by atomic mass is 10.1. The number of aliphatic hydroxyl groups is 1. The molecular weight excluding hydrogens is 264 g/mol. The van der Waals surface area contributed by atoms with Crippen LogP contribution >= 0.6 is 0 Å². The van der Waals surface area contributed by atoms with E-state index in [9.17, 15) is 5.11 Å². The Hall–Kier alpha value is -2.98. The highest BCUT2D eigenvalue weighted by atomic mass is 16.3. The van der Waals surface area contributed by atoms with Gasteiger partial charge in [0.1, 0.15) is 5.76 Å². The molecule has 21 heavy (non-hydrogen) atoms. The summed E-state index contributed by atoms with van der Waals surface area (Å²) in [5.74, 6) is 6.95. The van der Waals surface area contributed by atoms with E-state index in [0.717, 1.165) is 31.2 Å². The number of benzene rings is 1. The highest BCUT2D eigenvalue weighted by molar-refractivity contribution is 5.66. The number of rotatable bonds is 4. The van der Waals surface area contributed by atoms with Gasteiger partial charge < -0.3 is 9.52 Å². The van der Waals surface area contributed by atoms with Crippen molar-refractivity contribution in [2.24, 2.45) is 0 Å². The van der Waals surface area contributed by atoms with Crippen molar-refractivity contribution in [2.75, 3.05) is 0 Å². The Morgan fingerprint density at radius 1 is 1.29 bits per heavy atom. The number of hydrogen-bond donors (Lipinski definition) is 1. The molecule has 2 aromatic rings. The number of hydrogen-bond acceptors (Lipinski definition) is 3. The van der Waals surface area contributed by atoms with Crippen LogP contribution in [-0.4, -0.2) is 5.11 Å². The van der Waals surface area contributed by atoms with Gasteiger partial charge in [-0.25, -0.2) is 0 Å². The molecule has 1 aromatic carbocycles. The Labute approximate surface area is 123 Å². The summed E-state index contributed by atoms with van der Waals surface area (Å²) >= 11 is 0. The molecule has 2 rings (SSSR count). The predicted octanol–water partition coefficient (Wildman–Crippen LogP) is 4.36. The van der Waals surface area contributed by atoms with Crippen LogP contribution in [0.1, 0.15) is 29.7 Å². The first-order valence-corrected chi connectivity index (χ1v) is 6.65. The van der Waals surface area contributed by atoms with Gasteiger partial charge in [-0.3, -0.25) is 0 Å². The summed E-state index contributed by atoms with van der Waals surface area (Å²) in [4.78, 5) is 2.82. The molecule has 0 saturated heterocycles. The average molecular weight is 279 g/mol. The lowest BCUT2D eigenvalue weighted by molar-refractivity contribution is 0.503. The van der Waals surface area contributed by atoms with Crippen LogP contribution in [0.4, 0.5) is 0 Å². The minimum Gasteiger partial charge on any atom is -0.501 e. The Kier molecular flexibility index (Phi) is 5.20. The zero-order valence-corrected chi connectivity index (χ0v) is 11.5. The van der Waals surface area contributed by atoms with E-state index in [1.807, 2.05) is 24.3 Å². The van der Waals surface area contributed by atoms with Gasteiger partial charge in [-0.2, -0.15) is 0 Å². The number of diazo groups is 1. The van der Waals surface area contributed by atoms with E-state index in [1.165, 1.54) is 0 Å². The first-order chi connectivity index (χ1) is 10.3. The number of furan rings is 1. The van der Waals surface area contributed by atoms with Gasteiger partial charge in [0.15, 0.2) is 4.98 Å². The van der Waals surface area contributed by atoms with Crippen molar-refractivity contribution in [2.45, 2.75) is 19.3 Å². The Bertz CT molecular complexity index is 713. The minimum absolute atomic E-state index is 0.113. The molecule has 1 aromatic heterocycles. The summed E-state index contributed by atoms with van der Waals surface area (Å²) in [6.07, 6.45) is 5.16. The summed E-state index contributed by atoms with van der Waals surface area (Å²) in [5.41, 5.74) is 1.25. The van der Waals surface area contributed by atoms with Gasteiger partial charge in [0, 0.05) is 24.0 Å². The van der Waals surface area contributed by atoms with E-state index < -0.39 is 0 Å². The topological polar surface area (TPSA) is 61.5 Å². The normalized spacial score (nSPS) is 10.5. The Morgan fingerprint density at radius 2 is 2.14 bits per heavy atom. The van der Waals surface area contributed by atoms with Crippen LogP contribution in [0, 0.1) is 17.2 Å². The molecule has 0 aliphatic rings. The maximum absolute atomic E-state index is 9.76. The standard InChI is InChI=1S/C17H14N2O2/c18-19-13-17(20)16-11-5-4-8-14(16)7-2-1-3-9-15-10-6-12-21-15/h4-6,8,10-13H,1,3,9H2/p+1/b17-13-. The molecule has 4 heteroatoms. The van der Waals surface area contributed by atoms with Gasteiger partial charge in [-0.1, -0.05) is 24.0 Å². The summed E-state index contributed by atoms with van der Waals surface area (Å²) in [5, 5.41) is 18.2. The molecule has 104 valence electrons. The van der Waals surface area contributed by atoms with Crippen LogP contribution in [-0.2, 0) is 6.42 Å². The zero-order chi connectivity index (χ0) is 14.9. The van der Waals surface area contributed by atoms with Crippen LogP contribution in [0.15, 0.2) is 53.3 Å². The highest BCUT2D eigenvalue weighted by Gasteiger charge is 2.07. The SMILES string of the molecule is N#[N+]/C=C(\O)c1ccccc1C#CCCCc1ccco1. The Balaban J connectivity index is 1.99. The summed E-state index contributed by atoms with van der Waals surface area (Å²) in [6, 6.07) is 11.0. The van der Waals surface area contributed by atoms with Gasteiger partial charge in [-0.05, 0) is 30.7 Å². The Morgan fingerprint density at radius 3 is 2.90 bits per heavy atom. The predicted molar refractivity (Wildman–Crippen MR) is 80.7 cm³/mol. The van der Waals surface area contributed by atoms with Crippen LogP contribution < -0.4 is 0 Å². The largest absolute Gasteiger partial charge is 0.501 e. The molecular formula is C17H15N2O2+. The minimum atomic E-state index is -0.113. The van der Waals surface area contributed by atoms with Gasteiger partial charge >= 0.3 is 6.20 Å². The van der Waals surface area contributed by atoms with Crippen molar-refractivity contribution in [1.29, 1.82) is 5.39 Å². The maximum Gasteiger partial charge on any atom is 0.392 e. The first-order valence-electron chi connectivity index (χ1n) is 6.65. The van der Waals surface area contributed by atoms with E-state index in [1.54, 1.807) is 18.4 Å². The van der Waals surface area contributed by atoms with Crippen LogP contribution in [0.2, 0.25) is 0 Å². The second-order valence-corrected chi connectivity index (χ2v) is 4.41. The molecule has 1 N–H and O–H groups in total. The average Bonchev–Trinajstić information content (AvgIpc) is 3.01. The van der Waals surface area contributed by atoms with E-state index in [-0.39, 0.29) is 5.76 Å². The molecule has 0 bridgehead atoms.